The summed E-state index contributed by atoms with van der Waals surface area (Å²) in [6, 6.07) is 6.06. The number of aryl methyl sites for hydroxylation is 1. The molecule has 61 heavy (non-hydrogen) atoms. The fourth-order valence-electron chi connectivity index (χ4n) is 9.63. The van der Waals surface area contributed by atoms with Crippen molar-refractivity contribution in [3.05, 3.63) is 52.1 Å². The zero-order valence-corrected chi connectivity index (χ0v) is 36.8. The van der Waals surface area contributed by atoms with Crippen molar-refractivity contribution in [2.24, 2.45) is 29.1 Å². The lowest BCUT2D eigenvalue weighted by molar-refractivity contribution is -0.156. The Morgan fingerprint density at radius 3 is 2.62 bits per heavy atom. The Morgan fingerprint density at radius 1 is 1.16 bits per heavy atom. The molecule has 0 radical (unpaired) electrons. The Balaban J connectivity index is 1.18. The van der Waals surface area contributed by atoms with Crippen LogP contribution in [0.1, 0.15) is 63.4 Å². The standard InChI is InChI=1S/C45H56F2N8O5S/c1-8-54-35-10-9-26-16-29(35)31(40(54)30-17-27(20-48-38(30)25(3)59-7)53-13-11-52(6)12-14-53)19-44(4,5)23-60-43(58)39-37-32(45(37,46)47)21-55(51-39)42(57)33(18-36-49-34(26)22-61-36)50-41(56)28-15-24(28)2/h9-10,16-17,20,22,24-25,28,32-33,37,39,51H,8,11-15,18-19,21,23H2,1-7H3,(H,50,56)/t24-,25-,28-,32-,33-,37-,39-/m0/s1. The number of amides is 2. The molecule has 326 valence electrons. The van der Waals surface area contributed by atoms with E-state index in [1.807, 2.05) is 39.3 Å². The summed E-state index contributed by atoms with van der Waals surface area (Å²) in [5, 5.41) is 7.59. The van der Waals surface area contributed by atoms with Gasteiger partial charge in [-0.05, 0) is 63.4 Å². The zero-order valence-electron chi connectivity index (χ0n) is 36.0. The summed E-state index contributed by atoms with van der Waals surface area (Å²) >= 11 is 1.38. The lowest BCUT2D eigenvalue weighted by Crippen LogP contribution is -2.61. The number of halogens is 2. The Labute approximate surface area is 359 Å². The number of piperazine rings is 1. The summed E-state index contributed by atoms with van der Waals surface area (Å²) in [6.07, 6.45) is 2.87. The molecule has 13 nitrogen and oxygen atoms in total. The fraction of sp³-hybridized carbons (Fsp3) is 0.578. The van der Waals surface area contributed by atoms with Gasteiger partial charge in [-0.25, -0.2) is 19.2 Å². The van der Waals surface area contributed by atoms with E-state index in [0.29, 0.717) is 24.4 Å². The van der Waals surface area contributed by atoms with Crippen molar-refractivity contribution in [1.82, 2.24) is 35.2 Å². The first-order valence-electron chi connectivity index (χ1n) is 21.6. The number of esters is 1. The highest BCUT2D eigenvalue weighted by atomic mass is 32.1. The highest BCUT2D eigenvalue weighted by Crippen LogP contribution is 2.59. The number of anilines is 1. The number of hydrogen-bond acceptors (Lipinski definition) is 11. The third kappa shape index (κ3) is 7.71. The first kappa shape index (κ1) is 41.8. The number of carbonyl (C=O) groups excluding carboxylic acids is 3. The van der Waals surface area contributed by atoms with Gasteiger partial charge in [-0.3, -0.25) is 24.4 Å². The van der Waals surface area contributed by atoms with Crippen molar-refractivity contribution in [3.63, 3.8) is 0 Å². The van der Waals surface area contributed by atoms with E-state index >= 15 is 8.78 Å². The maximum absolute atomic E-state index is 15.4. The predicted octanol–water partition coefficient (Wildman–Crippen LogP) is 5.71. The summed E-state index contributed by atoms with van der Waals surface area (Å²) in [6.45, 7) is 14.1. The Kier molecular flexibility index (Phi) is 10.8. The number of cyclic esters (lactones) is 1. The van der Waals surface area contributed by atoms with Crippen molar-refractivity contribution < 1.29 is 32.6 Å². The minimum absolute atomic E-state index is 0.0588. The van der Waals surface area contributed by atoms with Crippen molar-refractivity contribution in [1.29, 1.82) is 0 Å². The number of methoxy groups -OCH3 is 1. The molecule has 9 rings (SSSR count). The first-order chi connectivity index (χ1) is 29.1. The predicted molar refractivity (Wildman–Crippen MR) is 229 cm³/mol. The highest BCUT2D eigenvalue weighted by molar-refractivity contribution is 7.10. The van der Waals surface area contributed by atoms with Crippen molar-refractivity contribution >= 4 is 45.7 Å². The molecule has 4 aromatic rings. The smallest absolute Gasteiger partial charge is 0.325 e. The molecule has 0 unspecified atom stereocenters. The third-order valence-electron chi connectivity index (χ3n) is 13.6. The third-order valence-corrected chi connectivity index (χ3v) is 14.5. The molecule has 3 aliphatic heterocycles. The van der Waals surface area contributed by atoms with Crippen molar-refractivity contribution in [2.45, 2.75) is 84.5 Å². The van der Waals surface area contributed by atoms with E-state index in [1.165, 1.54) is 11.3 Å². The van der Waals surface area contributed by atoms with E-state index < -0.39 is 47.1 Å². The van der Waals surface area contributed by atoms with E-state index in [2.05, 4.69) is 63.3 Å². The van der Waals surface area contributed by atoms with Gasteiger partial charge in [-0.15, -0.1) is 11.3 Å². The Hall–Kier alpha value is -4.51. The van der Waals surface area contributed by atoms with Gasteiger partial charge in [-0.2, -0.15) is 0 Å². The molecule has 2 saturated heterocycles. The average molecular weight is 859 g/mol. The van der Waals surface area contributed by atoms with Gasteiger partial charge in [0.1, 0.15) is 12.1 Å². The van der Waals surface area contributed by atoms with Crippen LogP contribution in [0.25, 0.3) is 33.4 Å². The lowest BCUT2D eigenvalue weighted by Gasteiger charge is -2.34. The molecule has 6 heterocycles. The van der Waals surface area contributed by atoms with E-state index in [-0.39, 0.29) is 43.4 Å². The number of fused-ring (bicyclic) bond motifs is 8. The minimum Gasteiger partial charge on any atom is -0.464 e. The second kappa shape index (κ2) is 15.7. The molecular weight excluding hydrogens is 803 g/mol. The van der Waals surface area contributed by atoms with Crippen LogP contribution in [0.4, 0.5) is 14.5 Å². The van der Waals surface area contributed by atoms with Gasteiger partial charge >= 0.3 is 5.97 Å². The van der Waals surface area contributed by atoms with Crippen LogP contribution in [0.3, 0.4) is 0 Å². The van der Waals surface area contributed by atoms with Gasteiger partial charge in [0.2, 0.25) is 5.91 Å². The van der Waals surface area contributed by atoms with Crippen molar-refractivity contribution in [3.8, 4) is 22.5 Å². The number of pyridine rings is 1. The van der Waals surface area contributed by atoms with Gasteiger partial charge in [-0.1, -0.05) is 26.8 Å². The SMILES string of the molecule is CCn1c(-c2cc(N3CCN(C)CC3)cnc2[C@H](C)OC)c2c3cc(ccc31)-c1csc(n1)C[C@H](NC(=O)[C@H]1C[C@@H]1C)C(=O)N1C[C@H]3[C@@H]([C@H](N1)C(=O)OCC(C)(C)C2)C3(F)F. The van der Waals surface area contributed by atoms with Crippen LogP contribution in [-0.4, -0.2) is 114 Å². The highest BCUT2D eigenvalue weighted by Gasteiger charge is 2.75. The van der Waals surface area contributed by atoms with E-state index in [9.17, 15) is 14.4 Å². The lowest BCUT2D eigenvalue weighted by atomic mass is 9.84. The number of alkyl halides is 2. The van der Waals surface area contributed by atoms with Gasteiger partial charge in [0.25, 0.3) is 11.8 Å². The summed E-state index contributed by atoms with van der Waals surface area (Å²) in [5.41, 5.74) is 9.63. The summed E-state index contributed by atoms with van der Waals surface area (Å²) in [7, 11) is 3.82. The quantitative estimate of drug-likeness (QED) is 0.223. The van der Waals surface area contributed by atoms with E-state index in [4.69, 9.17) is 19.4 Å². The molecule has 1 aromatic carbocycles. The Morgan fingerprint density at radius 2 is 1.92 bits per heavy atom. The molecule has 6 bridgehead atoms. The molecule has 4 fully saturated rings. The molecule has 2 aliphatic carbocycles. The number of rotatable bonds is 7. The largest absolute Gasteiger partial charge is 0.464 e. The maximum Gasteiger partial charge on any atom is 0.325 e. The number of hydrazine groups is 1. The summed E-state index contributed by atoms with van der Waals surface area (Å²) < 4.78 is 45.0. The normalized spacial score (nSPS) is 27.9. The number of benzene rings is 1. The molecule has 7 atom stereocenters. The molecule has 2 N–H and O–H groups in total. The molecule has 0 spiro atoms. The number of nitrogens with one attached hydrogen (secondary N) is 2. The van der Waals surface area contributed by atoms with Crippen LogP contribution >= 0.6 is 11.3 Å². The maximum atomic E-state index is 15.4. The van der Waals surface area contributed by atoms with Gasteiger partial charge < -0.3 is 29.2 Å². The fourth-order valence-corrected chi connectivity index (χ4v) is 10.5. The van der Waals surface area contributed by atoms with Crippen LogP contribution in [0.5, 0.6) is 0 Å². The number of hydrogen-bond donors (Lipinski definition) is 2. The monoisotopic (exact) mass is 858 g/mol. The van der Waals surface area contributed by atoms with Crippen LogP contribution in [0.15, 0.2) is 35.8 Å². The molecule has 16 heteroatoms. The number of ether oxygens (including phenoxy) is 2. The van der Waals surface area contributed by atoms with Crippen LogP contribution in [0, 0.1) is 29.1 Å². The molecular formula is C45H56F2N8O5S. The van der Waals surface area contributed by atoms with Crippen LogP contribution in [0.2, 0.25) is 0 Å². The molecule has 3 aromatic heterocycles. The number of nitrogens with zero attached hydrogens (tertiary/aromatic N) is 6. The van der Waals surface area contributed by atoms with E-state index in [0.717, 1.165) is 81.6 Å². The van der Waals surface area contributed by atoms with Gasteiger partial charge in [0.05, 0.1) is 58.5 Å². The van der Waals surface area contributed by atoms with Crippen molar-refractivity contribution in [2.75, 3.05) is 58.4 Å². The number of carbonyl (C=O) groups is 3. The van der Waals surface area contributed by atoms with Gasteiger partial charge in [0, 0.05) is 91.5 Å². The second-order valence-electron chi connectivity index (χ2n) is 18.6. The topological polar surface area (TPSA) is 134 Å². The number of likely N-dealkylation sites (N-methyl/N-ethyl adjacent to an activating group) is 1. The number of aromatic nitrogens is 3. The number of thiazole rings is 1. The Bertz CT molecular complexity index is 2370. The molecule has 5 aliphatic rings. The van der Waals surface area contributed by atoms with E-state index in [1.54, 1.807) is 7.11 Å². The molecule has 2 saturated carbocycles. The minimum atomic E-state index is -3.16. The molecule has 2 amide bonds. The average Bonchev–Trinajstić information content (AvgIpc) is 3.96. The summed E-state index contributed by atoms with van der Waals surface area (Å²) in [4.78, 5) is 56.3. The second-order valence-corrected chi connectivity index (χ2v) is 19.6. The van der Waals surface area contributed by atoms with Crippen LogP contribution in [-0.2, 0) is 43.2 Å². The van der Waals surface area contributed by atoms with Gasteiger partial charge in [0.15, 0.2) is 0 Å². The zero-order chi connectivity index (χ0) is 43.1. The first-order valence-corrected chi connectivity index (χ1v) is 22.4. The van der Waals surface area contributed by atoms with Crippen LogP contribution < -0.4 is 15.6 Å². The summed E-state index contributed by atoms with van der Waals surface area (Å²) in [5.74, 6) is -7.40.